The molecule has 2 heterocycles. The number of aromatic nitrogens is 2. The Morgan fingerprint density at radius 3 is 2.67 bits per heavy atom. The minimum atomic E-state index is -4.43. The van der Waals surface area contributed by atoms with Gasteiger partial charge in [0.05, 0.1) is 16.3 Å². The number of imidazole rings is 1. The first-order chi connectivity index (χ1) is 8.34. The molecule has 0 spiro atoms. The summed E-state index contributed by atoms with van der Waals surface area (Å²) in [5.74, 6) is 0. The van der Waals surface area contributed by atoms with Crippen LogP contribution in [0.25, 0.3) is 5.65 Å². The van der Waals surface area contributed by atoms with E-state index in [9.17, 15) is 13.2 Å². The molecule has 0 aromatic carbocycles. The number of alkyl halides is 3. The molecule has 0 fully saturated rings. The third kappa shape index (κ3) is 2.18. The van der Waals surface area contributed by atoms with Crippen LogP contribution < -0.4 is 5.73 Å². The van der Waals surface area contributed by atoms with Crippen molar-refractivity contribution in [2.75, 3.05) is 6.54 Å². The average Bonchev–Trinajstić information content (AvgIpc) is 2.56. The summed E-state index contributed by atoms with van der Waals surface area (Å²) in [4.78, 5) is 4.16. The summed E-state index contributed by atoms with van der Waals surface area (Å²) in [6, 6.07) is 0.884. The SMILES string of the molecule is Cc1nc2c(Cl)cc(C(F)(F)F)cn2c1CCN. The molecule has 0 aliphatic rings. The standard InChI is InChI=1S/C11H11ClF3N3/c1-6-9(2-3-16)18-5-7(11(13,14)15)4-8(12)10(18)17-6/h4-5H,2-3,16H2,1H3. The summed E-state index contributed by atoms with van der Waals surface area (Å²) in [7, 11) is 0. The van der Waals surface area contributed by atoms with Crippen molar-refractivity contribution in [1.29, 1.82) is 0 Å². The van der Waals surface area contributed by atoms with E-state index >= 15 is 0 Å². The lowest BCUT2D eigenvalue weighted by atomic mass is 10.2. The summed E-state index contributed by atoms with van der Waals surface area (Å²) in [6.45, 7) is 2.06. The van der Waals surface area contributed by atoms with Crippen LogP contribution in [-0.2, 0) is 12.6 Å². The van der Waals surface area contributed by atoms with Crippen molar-refractivity contribution in [3.63, 3.8) is 0 Å². The first-order valence-electron chi connectivity index (χ1n) is 5.29. The van der Waals surface area contributed by atoms with Gasteiger partial charge in [0.15, 0.2) is 5.65 Å². The zero-order valence-electron chi connectivity index (χ0n) is 9.55. The van der Waals surface area contributed by atoms with Gasteiger partial charge in [0.25, 0.3) is 0 Å². The average molecular weight is 278 g/mol. The fraction of sp³-hybridized carbons (Fsp3) is 0.364. The number of halogens is 4. The van der Waals surface area contributed by atoms with Crippen LogP contribution in [0.4, 0.5) is 13.2 Å². The molecule has 2 N–H and O–H groups in total. The maximum atomic E-state index is 12.7. The normalized spacial score (nSPS) is 12.3. The summed E-state index contributed by atoms with van der Waals surface area (Å²) < 4.78 is 39.5. The fourth-order valence-electron chi connectivity index (χ4n) is 1.86. The van der Waals surface area contributed by atoms with Crippen LogP contribution in [0, 0.1) is 6.92 Å². The summed E-state index contributed by atoms with van der Waals surface area (Å²) >= 11 is 5.84. The first-order valence-corrected chi connectivity index (χ1v) is 5.66. The van der Waals surface area contributed by atoms with Crippen LogP contribution >= 0.6 is 11.6 Å². The Morgan fingerprint density at radius 1 is 1.44 bits per heavy atom. The molecule has 0 saturated heterocycles. The summed E-state index contributed by atoms with van der Waals surface area (Å²) in [5, 5.41) is -0.0174. The number of hydrogen-bond donors (Lipinski definition) is 1. The molecule has 0 bridgehead atoms. The van der Waals surface area contributed by atoms with Gasteiger partial charge in [-0.1, -0.05) is 11.6 Å². The van der Waals surface area contributed by atoms with Crippen molar-refractivity contribution < 1.29 is 13.2 Å². The maximum absolute atomic E-state index is 12.7. The van der Waals surface area contributed by atoms with Crippen molar-refractivity contribution in [3.05, 3.63) is 34.2 Å². The number of nitrogens with two attached hydrogens (primary N) is 1. The third-order valence-electron chi connectivity index (χ3n) is 2.68. The van der Waals surface area contributed by atoms with Gasteiger partial charge >= 0.3 is 6.18 Å². The molecule has 0 aliphatic heterocycles. The number of aryl methyl sites for hydroxylation is 1. The van der Waals surface area contributed by atoms with E-state index in [-0.39, 0.29) is 5.02 Å². The van der Waals surface area contributed by atoms with Crippen molar-refractivity contribution in [3.8, 4) is 0 Å². The largest absolute Gasteiger partial charge is 0.417 e. The minimum Gasteiger partial charge on any atom is -0.330 e. The zero-order chi connectivity index (χ0) is 13.5. The van der Waals surface area contributed by atoms with Gasteiger partial charge in [-0.3, -0.25) is 0 Å². The van der Waals surface area contributed by atoms with E-state index in [1.165, 1.54) is 4.40 Å². The highest BCUT2D eigenvalue weighted by atomic mass is 35.5. The van der Waals surface area contributed by atoms with E-state index in [4.69, 9.17) is 17.3 Å². The molecular weight excluding hydrogens is 267 g/mol. The van der Waals surface area contributed by atoms with Gasteiger partial charge in [-0.05, 0) is 19.5 Å². The molecule has 2 aromatic heterocycles. The highest BCUT2D eigenvalue weighted by Crippen LogP contribution is 2.33. The Balaban J connectivity index is 2.73. The van der Waals surface area contributed by atoms with Crippen molar-refractivity contribution in [1.82, 2.24) is 9.38 Å². The second kappa shape index (κ2) is 4.44. The molecule has 2 aromatic rings. The lowest BCUT2D eigenvalue weighted by molar-refractivity contribution is -0.137. The Bertz CT molecular complexity index is 589. The van der Waals surface area contributed by atoms with E-state index in [1.54, 1.807) is 6.92 Å². The predicted molar refractivity (Wildman–Crippen MR) is 62.7 cm³/mol. The van der Waals surface area contributed by atoms with E-state index in [2.05, 4.69) is 4.98 Å². The molecular formula is C11H11ClF3N3. The minimum absolute atomic E-state index is 0.0174. The van der Waals surface area contributed by atoms with E-state index in [0.29, 0.717) is 30.0 Å². The van der Waals surface area contributed by atoms with Gasteiger partial charge in [-0.15, -0.1) is 0 Å². The first kappa shape index (κ1) is 13.2. The molecule has 0 radical (unpaired) electrons. The van der Waals surface area contributed by atoms with Crippen molar-refractivity contribution in [2.45, 2.75) is 19.5 Å². The highest BCUT2D eigenvalue weighted by molar-refractivity contribution is 6.33. The lowest BCUT2D eigenvalue weighted by Gasteiger charge is -2.09. The molecule has 0 aliphatic carbocycles. The number of rotatable bonds is 2. The van der Waals surface area contributed by atoms with Gasteiger partial charge in [-0.2, -0.15) is 13.2 Å². The molecule has 18 heavy (non-hydrogen) atoms. The summed E-state index contributed by atoms with van der Waals surface area (Å²) in [5.41, 5.74) is 6.27. The lowest BCUT2D eigenvalue weighted by Crippen LogP contribution is -2.09. The molecule has 98 valence electrons. The Morgan fingerprint density at radius 2 is 2.11 bits per heavy atom. The molecule has 0 atom stereocenters. The van der Waals surface area contributed by atoms with Crippen LogP contribution in [0.2, 0.25) is 5.02 Å². The number of pyridine rings is 1. The smallest absolute Gasteiger partial charge is 0.330 e. The van der Waals surface area contributed by atoms with Crippen molar-refractivity contribution in [2.24, 2.45) is 5.73 Å². The quantitative estimate of drug-likeness (QED) is 0.917. The molecule has 0 unspecified atom stereocenters. The zero-order valence-corrected chi connectivity index (χ0v) is 10.3. The number of nitrogens with zero attached hydrogens (tertiary/aromatic N) is 2. The van der Waals surface area contributed by atoms with Crippen molar-refractivity contribution >= 4 is 17.2 Å². The monoisotopic (exact) mass is 277 g/mol. The van der Waals surface area contributed by atoms with Gasteiger partial charge < -0.3 is 10.1 Å². The second-order valence-electron chi connectivity index (χ2n) is 3.95. The number of hydrogen-bond acceptors (Lipinski definition) is 2. The highest BCUT2D eigenvalue weighted by Gasteiger charge is 2.32. The second-order valence-corrected chi connectivity index (χ2v) is 4.36. The third-order valence-corrected chi connectivity index (χ3v) is 2.96. The van der Waals surface area contributed by atoms with Crippen LogP contribution in [0.15, 0.2) is 12.3 Å². The number of fused-ring (bicyclic) bond motifs is 1. The molecule has 0 saturated carbocycles. The summed E-state index contributed by atoms with van der Waals surface area (Å²) in [6.07, 6.45) is -2.98. The fourth-order valence-corrected chi connectivity index (χ4v) is 2.11. The Kier molecular flexibility index (Phi) is 3.25. The van der Waals surface area contributed by atoms with Crippen LogP contribution in [-0.4, -0.2) is 15.9 Å². The van der Waals surface area contributed by atoms with E-state index in [0.717, 1.165) is 12.3 Å². The Labute approximate surface area is 106 Å². The predicted octanol–water partition coefficient (Wildman–Crippen LogP) is 2.82. The van der Waals surface area contributed by atoms with Crippen LogP contribution in [0.5, 0.6) is 0 Å². The topological polar surface area (TPSA) is 43.3 Å². The van der Waals surface area contributed by atoms with Crippen LogP contribution in [0.3, 0.4) is 0 Å². The molecule has 3 nitrogen and oxygen atoms in total. The van der Waals surface area contributed by atoms with Gasteiger partial charge in [0, 0.05) is 18.3 Å². The molecule has 7 heteroatoms. The maximum Gasteiger partial charge on any atom is 0.417 e. The van der Waals surface area contributed by atoms with Gasteiger partial charge in [0.1, 0.15) is 0 Å². The Hall–Kier alpha value is -1.27. The van der Waals surface area contributed by atoms with Gasteiger partial charge in [-0.25, -0.2) is 4.98 Å². The molecule has 0 amide bonds. The molecule has 2 rings (SSSR count). The van der Waals surface area contributed by atoms with Gasteiger partial charge in [0.2, 0.25) is 0 Å². The van der Waals surface area contributed by atoms with Crippen LogP contribution in [0.1, 0.15) is 17.0 Å². The van der Waals surface area contributed by atoms with E-state index < -0.39 is 11.7 Å². The van der Waals surface area contributed by atoms with E-state index in [1.807, 2.05) is 0 Å².